The molecule has 0 amide bonds. The van der Waals surface area contributed by atoms with E-state index in [4.69, 9.17) is 16.0 Å². The molecular formula is C21H14ClNO2. The first-order valence-electron chi connectivity index (χ1n) is 7.93. The third-order valence-electron chi connectivity index (χ3n) is 4.04. The number of benzene rings is 3. The predicted molar refractivity (Wildman–Crippen MR) is 99.4 cm³/mol. The van der Waals surface area contributed by atoms with Crippen LogP contribution in [-0.4, -0.2) is 10.2 Å². The van der Waals surface area contributed by atoms with Crippen LogP contribution in [0.15, 0.2) is 77.2 Å². The molecule has 4 heteroatoms. The van der Waals surface area contributed by atoms with E-state index in [9.17, 15) is 4.79 Å². The molecule has 1 aromatic heterocycles. The van der Waals surface area contributed by atoms with Gasteiger partial charge in [-0.1, -0.05) is 48.5 Å². The van der Waals surface area contributed by atoms with E-state index in [-0.39, 0.29) is 11.7 Å². The average Bonchev–Trinajstić information content (AvgIpc) is 3.06. The molecule has 0 aliphatic carbocycles. The molecular weight excluding hydrogens is 334 g/mol. The highest BCUT2D eigenvalue weighted by molar-refractivity contribution is 6.63. The summed E-state index contributed by atoms with van der Waals surface area (Å²) in [5.41, 5.74) is 5.54. The Morgan fingerprint density at radius 1 is 0.880 bits per heavy atom. The quantitative estimate of drug-likeness (QED) is 0.460. The second kappa shape index (κ2) is 6.54. The van der Waals surface area contributed by atoms with Crippen LogP contribution >= 0.6 is 11.6 Å². The molecule has 4 rings (SSSR count). The van der Waals surface area contributed by atoms with E-state index in [0.717, 1.165) is 33.4 Å². The van der Waals surface area contributed by atoms with Gasteiger partial charge in [-0.15, -0.1) is 0 Å². The van der Waals surface area contributed by atoms with Crippen molar-refractivity contribution in [3.63, 3.8) is 0 Å². The lowest BCUT2D eigenvalue weighted by Gasteiger charge is -1.99. The second-order valence-electron chi connectivity index (χ2n) is 5.80. The number of carbonyl (C=O) groups excluding carboxylic acids is 1. The minimum absolute atomic E-state index is 0.218. The van der Waals surface area contributed by atoms with Gasteiger partial charge in [0, 0.05) is 12.0 Å². The topological polar surface area (TPSA) is 43.1 Å². The van der Waals surface area contributed by atoms with E-state index in [1.807, 2.05) is 60.7 Å². The fourth-order valence-electron chi connectivity index (χ4n) is 2.79. The maximum Gasteiger partial charge on any atom is 0.227 e. The van der Waals surface area contributed by atoms with Gasteiger partial charge in [0.1, 0.15) is 5.52 Å². The highest BCUT2D eigenvalue weighted by atomic mass is 35.5. The number of halogens is 1. The van der Waals surface area contributed by atoms with Crippen molar-refractivity contribution in [2.75, 3.05) is 0 Å². The van der Waals surface area contributed by atoms with Gasteiger partial charge in [-0.2, -0.15) is 0 Å². The maximum atomic E-state index is 11.0. The summed E-state index contributed by atoms with van der Waals surface area (Å²) in [5.74, 6) is 0.559. The van der Waals surface area contributed by atoms with Crippen LogP contribution < -0.4 is 0 Å². The maximum absolute atomic E-state index is 11.0. The summed E-state index contributed by atoms with van der Waals surface area (Å²) in [4.78, 5) is 15.6. The lowest BCUT2D eigenvalue weighted by atomic mass is 10.1. The Balaban J connectivity index is 1.68. The highest BCUT2D eigenvalue weighted by Crippen LogP contribution is 2.28. The fourth-order valence-corrected chi connectivity index (χ4v) is 2.94. The monoisotopic (exact) mass is 347 g/mol. The second-order valence-corrected chi connectivity index (χ2v) is 6.22. The molecule has 0 atom stereocenters. The van der Waals surface area contributed by atoms with E-state index >= 15 is 0 Å². The minimum Gasteiger partial charge on any atom is -0.436 e. The Morgan fingerprint density at radius 3 is 2.32 bits per heavy atom. The molecule has 1 heterocycles. The van der Waals surface area contributed by atoms with Crippen molar-refractivity contribution in [1.29, 1.82) is 0 Å². The number of rotatable bonds is 4. The molecule has 0 aliphatic rings. The molecule has 0 saturated carbocycles. The molecule has 4 aromatic rings. The Labute approximate surface area is 149 Å². The van der Waals surface area contributed by atoms with Crippen molar-refractivity contribution >= 4 is 27.9 Å². The van der Waals surface area contributed by atoms with Crippen molar-refractivity contribution < 1.29 is 9.21 Å². The summed E-state index contributed by atoms with van der Waals surface area (Å²) >= 11 is 5.42. The van der Waals surface area contributed by atoms with E-state index in [1.54, 1.807) is 0 Å². The smallest absolute Gasteiger partial charge is 0.227 e. The molecule has 0 unspecified atom stereocenters. The fraction of sp³-hybridized carbons (Fsp3) is 0.0476. The summed E-state index contributed by atoms with van der Waals surface area (Å²) in [5, 5.41) is -0.372. The zero-order chi connectivity index (χ0) is 17.2. The summed E-state index contributed by atoms with van der Waals surface area (Å²) < 4.78 is 5.86. The van der Waals surface area contributed by atoms with Crippen LogP contribution in [0.1, 0.15) is 5.56 Å². The molecule has 0 bridgehead atoms. The molecule has 25 heavy (non-hydrogen) atoms. The minimum atomic E-state index is -0.372. The van der Waals surface area contributed by atoms with Gasteiger partial charge in [0.05, 0.1) is 0 Å². The molecule has 0 N–H and O–H groups in total. The van der Waals surface area contributed by atoms with Crippen molar-refractivity contribution in [3.05, 3.63) is 78.4 Å². The summed E-state index contributed by atoms with van der Waals surface area (Å²) in [6, 6.07) is 23.7. The van der Waals surface area contributed by atoms with Gasteiger partial charge in [0.25, 0.3) is 0 Å². The Bertz CT molecular complexity index is 1040. The van der Waals surface area contributed by atoms with Crippen LogP contribution in [0.25, 0.3) is 33.7 Å². The van der Waals surface area contributed by atoms with Crippen LogP contribution in [-0.2, 0) is 11.2 Å². The number of nitrogens with zero attached hydrogens (tertiary/aromatic N) is 1. The summed E-state index contributed by atoms with van der Waals surface area (Å²) in [6.45, 7) is 0. The zero-order valence-electron chi connectivity index (χ0n) is 13.3. The largest absolute Gasteiger partial charge is 0.436 e. The van der Waals surface area contributed by atoms with Crippen LogP contribution in [0.5, 0.6) is 0 Å². The first-order valence-corrected chi connectivity index (χ1v) is 8.30. The molecule has 0 fully saturated rings. The molecule has 0 spiro atoms. The van der Waals surface area contributed by atoms with Gasteiger partial charge in [-0.05, 0) is 52.6 Å². The number of oxazole rings is 1. The number of hydrogen-bond acceptors (Lipinski definition) is 3. The number of aromatic nitrogens is 1. The van der Waals surface area contributed by atoms with Crippen molar-refractivity contribution in [2.24, 2.45) is 0 Å². The SMILES string of the molecule is O=C(Cl)Cc1ccc(-c2nc3cc(-c4ccccc4)ccc3o2)cc1. The summed E-state index contributed by atoms with van der Waals surface area (Å²) in [6.07, 6.45) is 0.218. The molecule has 0 radical (unpaired) electrons. The van der Waals surface area contributed by atoms with Gasteiger partial charge < -0.3 is 4.42 Å². The number of carbonyl (C=O) groups is 1. The molecule has 3 aromatic carbocycles. The highest BCUT2D eigenvalue weighted by Gasteiger charge is 2.10. The summed E-state index contributed by atoms with van der Waals surface area (Å²) in [7, 11) is 0. The van der Waals surface area contributed by atoms with Crippen LogP contribution in [0, 0.1) is 0 Å². The Kier molecular flexibility index (Phi) is 4.08. The standard InChI is InChI=1S/C21H14ClNO2/c22-20(24)12-14-6-8-16(9-7-14)21-23-18-13-17(10-11-19(18)25-21)15-4-2-1-3-5-15/h1-11,13H,12H2. The number of fused-ring (bicyclic) bond motifs is 1. The van der Waals surface area contributed by atoms with E-state index < -0.39 is 0 Å². The molecule has 3 nitrogen and oxygen atoms in total. The molecule has 0 saturated heterocycles. The van der Waals surface area contributed by atoms with Gasteiger partial charge in [-0.25, -0.2) is 4.98 Å². The molecule has 0 aliphatic heterocycles. The van der Waals surface area contributed by atoms with Crippen molar-refractivity contribution in [1.82, 2.24) is 4.98 Å². The predicted octanol–water partition coefficient (Wildman–Crippen LogP) is 5.47. The Hall–Kier alpha value is -2.91. The van der Waals surface area contributed by atoms with Crippen LogP contribution in [0.2, 0.25) is 0 Å². The van der Waals surface area contributed by atoms with Crippen LogP contribution in [0.4, 0.5) is 0 Å². The van der Waals surface area contributed by atoms with E-state index in [2.05, 4.69) is 17.1 Å². The lowest BCUT2D eigenvalue weighted by molar-refractivity contribution is -0.111. The van der Waals surface area contributed by atoms with Crippen LogP contribution in [0.3, 0.4) is 0 Å². The van der Waals surface area contributed by atoms with Crippen molar-refractivity contribution in [2.45, 2.75) is 6.42 Å². The molecule has 122 valence electrons. The lowest BCUT2D eigenvalue weighted by Crippen LogP contribution is -1.92. The Morgan fingerprint density at radius 2 is 1.60 bits per heavy atom. The number of hydrogen-bond donors (Lipinski definition) is 0. The third-order valence-corrected chi connectivity index (χ3v) is 4.17. The van der Waals surface area contributed by atoms with Gasteiger partial charge in [-0.3, -0.25) is 4.79 Å². The van der Waals surface area contributed by atoms with Gasteiger partial charge >= 0.3 is 0 Å². The first-order chi connectivity index (χ1) is 12.2. The van der Waals surface area contributed by atoms with E-state index in [0.29, 0.717) is 5.89 Å². The van der Waals surface area contributed by atoms with Gasteiger partial charge in [0.2, 0.25) is 11.1 Å². The normalized spacial score (nSPS) is 10.9. The zero-order valence-corrected chi connectivity index (χ0v) is 14.0. The van der Waals surface area contributed by atoms with Gasteiger partial charge in [0.15, 0.2) is 5.58 Å². The average molecular weight is 348 g/mol. The third kappa shape index (κ3) is 3.32. The van der Waals surface area contributed by atoms with E-state index in [1.165, 1.54) is 0 Å². The van der Waals surface area contributed by atoms with Crippen molar-refractivity contribution in [3.8, 4) is 22.6 Å². The first kappa shape index (κ1) is 15.6.